The van der Waals surface area contributed by atoms with Gasteiger partial charge >= 0.3 is 0 Å². The van der Waals surface area contributed by atoms with E-state index in [1.54, 1.807) is 30.3 Å². The van der Waals surface area contributed by atoms with Gasteiger partial charge in [-0.15, -0.1) is 0 Å². The predicted octanol–water partition coefficient (Wildman–Crippen LogP) is 1.29. The molecule has 0 saturated carbocycles. The smallest absolute Gasteiger partial charge is 0.254 e. The van der Waals surface area contributed by atoms with Crippen molar-refractivity contribution in [1.82, 2.24) is 14.5 Å². The van der Waals surface area contributed by atoms with Gasteiger partial charge in [-0.05, 0) is 30.7 Å². The lowest BCUT2D eigenvalue weighted by Crippen LogP contribution is -2.27. The largest absolute Gasteiger partial charge is 0.337 e. The van der Waals surface area contributed by atoms with Gasteiger partial charge in [-0.3, -0.25) is 10.6 Å². The zero-order valence-corrected chi connectivity index (χ0v) is 11.9. The normalized spacial score (nSPS) is 10.4. The average molecular weight is 273 g/mol. The fourth-order valence-corrected chi connectivity index (χ4v) is 2.01. The third-order valence-corrected chi connectivity index (χ3v) is 3.28. The van der Waals surface area contributed by atoms with Crippen LogP contribution in [0.5, 0.6) is 0 Å². The summed E-state index contributed by atoms with van der Waals surface area (Å²) in [5.74, 6) is 6.19. The Balaban J connectivity index is 2.14. The number of hydrogen-bond donors (Lipinski definition) is 2. The molecule has 0 fully saturated rings. The van der Waals surface area contributed by atoms with Crippen LogP contribution in [0.15, 0.2) is 30.6 Å². The molecule has 1 heterocycles. The molecule has 0 spiro atoms. The number of carbonyl (C=O) groups excluding carboxylic acids is 1. The van der Waals surface area contributed by atoms with Gasteiger partial charge in [-0.2, -0.15) is 0 Å². The van der Waals surface area contributed by atoms with Gasteiger partial charge in [0, 0.05) is 32.1 Å². The summed E-state index contributed by atoms with van der Waals surface area (Å²) in [7, 11) is 3.67. The van der Waals surface area contributed by atoms with Crippen LogP contribution in [0.1, 0.15) is 21.7 Å². The first-order chi connectivity index (χ1) is 9.52. The minimum atomic E-state index is -0.0420. The summed E-state index contributed by atoms with van der Waals surface area (Å²) in [5.41, 5.74) is 4.98. The number of aromatic nitrogens is 2. The van der Waals surface area contributed by atoms with Crippen LogP contribution in [0.3, 0.4) is 0 Å². The van der Waals surface area contributed by atoms with E-state index >= 15 is 0 Å². The number of carbonyl (C=O) groups is 1. The number of imidazole rings is 1. The van der Waals surface area contributed by atoms with Crippen molar-refractivity contribution in [1.29, 1.82) is 0 Å². The van der Waals surface area contributed by atoms with Crippen LogP contribution in [-0.4, -0.2) is 27.4 Å². The fraction of sp³-hybridized carbons (Fsp3) is 0.286. The average Bonchev–Trinajstić information content (AvgIpc) is 2.83. The van der Waals surface area contributed by atoms with E-state index in [0.29, 0.717) is 12.1 Å². The van der Waals surface area contributed by atoms with Gasteiger partial charge in [0.2, 0.25) is 0 Å². The van der Waals surface area contributed by atoms with Crippen LogP contribution in [0.25, 0.3) is 0 Å². The van der Waals surface area contributed by atoms with Crippen LogP contribution in [0, 0.1) is 6.92 Å². The lowest BCUT2D eigenvalue weighted by Gasteiger charge is -2.17. The topological polar surface area (TPSA) is 76.2 Å². The second kappa shape index (κ2) is 5.75. The number of benzene rings is 1. The molecule has 3 N–H and O–H groups in total. The monoisotopic (exact) mass is 273 g/mol. The summed E-state index contributed by atoms with van der Waals surface area (Å²) < 4.78 is 1.90. The number of nitrogen functional groups attached to an aromatic ring is 1. The van der Waals surface area contributed by atoms with Crippen molar-refractivity contribution in [3.63, 3.8) is 0 Å². The molecule has 106 valence electrons. The Labute approximate surface area is 118 Å². The number of hydrogen-bond acceptors (Lipinski definition) is 4. The number of amides is 1. The summed E-state index contributed by atoms with van der Waals surface area (Å²) in [5, 5.41) is 0. The first-order valence-corrected chi connectivity index (χ1v) is 6.32. The molecule has 0 saturated heterocycles. The van der Waals surface area contributed by atoms with Crippen molar-refractivity contribution in [2.24, 2.45) is 12.9 Å². The molecule has 1 aromatic heterocycles. The van der Waals surface area contributed by atoms with E-state index in [1.807, 2.05) is 30.8 Å². The summed E-state index contributed by atoms with van der Waals surface area (Å²) >= 11 is 0. The SMILES string of the molecule is Cc1cc(C(=O)N(C)Cc2nccn2C)ccc1NN. The lowest BCUT2D eigenvalue weighted by molar-refractivity contribution is 0.0780. The maximum absolute atomic E-state index is 12.4. The summed E-state index contributed by atoms with van der Waals surface area (Å²) in [6.45, 7) is 2.38. The number of nitrogens with two attached hydrogens (primary N) is 1. The maximum Gasteiger partial charge on any atom is 0.254 e. The first-order valence-electron chi connectivity index (χ1n) is 6.32. The zero-order valence-electron chi connectivity index (χ0n) is 11.9. The van der Waals surface area contributed by atoms with Crippen molar-refractivity contribution in [3.05, 3.63) is 47.5 Å². The highest BCUT2D eigenvalue weighted by Crippen LogP contribution is 2.16. The molecule has 0 atom stereocenters. The molecule has 20 heavy (non-hydrogen) atoms. The second-order valence-electron chi connectivity index (χ2n) is 4.79. The van der Waals surface area contributed by atoms with Crippen molar-refractivity contribution in [3.8, 4) is 0 Å². The Morgan fingerprint density at radius 3 is 2.80 bits per heavy atom. The summed E-state index contributed by atoms with van der Waals surface area (Å²) in [4.78, 5) is 18.2. The molecule has 0 aliphatic heterocycles. The second-order valence-corrected chi connectivity index (χ2v) is 4.79. The molecule has 1 amide bonds. The quantitative estimate of drug-likeness (QED) is 0.650. The Kier molecular flexibility index (Phi) is 4.05. The van der Waals surface area contributed by atoms with Crippen molar-refractivity contribution in [2.75, 3.05) is 12.5 Å². The molecule has 0 radical (unpaired) electrons. The van der Waals surface area contributed by atoms with E-state index in [4.69, 9.17) is 5.84 Å². The Bertz CT molecular complexity index is 620. The van der Waals surface area contributed by atoms with Gasteiger partial charge < -0.3 is 14.9 Å². The van der Waals surface area contributed by atoms with Gasteiger partial charge in [0.05, 0.1) is 12.2 Å². The molecule has 1 aromatic carbocycles. The molecular weight excluding hydrogens is 254 g/mol. The highest BCUT2D eigenvalue weighted by molar-refractivity contribution is 5.94. The maximum atomic E-state index is 12.4. The number of rotatable bonds is 4. The van der Waals surface area contributed by atoms with Crippen molar-refractivity contribution in [2.45, 2.75) is 13.5 Å². The third-order valence-electron chi connectivity index (χ3n) is 3.28. The first kappa shape index (κ1) is 14.1. The molecule has 6 nitrogen and oxygen atoms in total. The Hall–Kier alpha value is -2.34. The minimum absolute atomic E-state index is 0.0420. The number of hydrazine groups is 1. The van der Waals surface area contributed by atoms with Crippen LogP contribution >= 0.6 is 0 Å². The van der Waals surface area contributed by atoms with Gasteiger partial charge in [0.15, 0.2) is 0 Å². The highest BCUT2D eigenvalue weighted by Gasteiger charge is 2.14. The molecule has 0 aliphatic rings. The summed E-state index contributed by atoms with van der Waals surface area (Å²) in [6.07, 6.45) is 3.58. The van der Waals surface area contributed by atoms with Crippen LogP contribution in [0.2, 0.25) is 0 Å². The van der Waals surface area contributed by atoms with Gasteiger partial charge in [0.1, 0.15) is 5.82 Å². The number of nitrogens with one attached hydrogen (secondary N) is 1. The molecule has 0 unspecified atom stereocenters. The molecule has 6 heteroatoms. The zero-order chi connectivity index (χ0) is 14.7. The van der Waals surface area contributed by atoms with Gasteiger partial charge in [-0.1, -0.05) is 0 Å². The fourth-order valence-electron chi connectivity index (χ4n) is 2.01. The van der Waals surface area contributed by atoms with Crippen molar-refractivity contribution < 1.29 is 4.79 Å². The van der Waals surface area contributed by atoms with Crippen molar-refractivity contribution >= 4 is 11.6 Å². The van der Waals surface area contributed by atoms with Crippen LogP contribution in [0.4, 0.5) is 5.69 Å². The van der Waals surface area contributed by atoms with E-state index in [9.17, 15) is 4.79 Å². The molecular formula is C14H19N5O. The van der Waals surface area contributed by atoms with E-state index < -0.39 is 0 Å². The Morgan fingerprint density at radius 1 is 1.50 bits per heavy atom. The molecule has 0 bridgehead atoms. The Morgan fingerprint density at radius 2 is 2.25 bits per heavy atom. The minimum Gasteiger partial charge on any atom is -0.337 e. The van der Waals surface area contributed by atoms with E-state index in [-0.39, 0.29) is 5.91 Å². The summed E-state index contributed by atoms with van der Waals surface area (Å²) in [6, 6.07) is 5.39. The van der Waals surface area contributed by atoms with E-state index in [0.717, 1.165) is 17.1 Å². The number of nitrogens with zero attached hydrogens (tertiary/aromatic N) is 3. The third kappa shape index (κ3) is 2.80. The van der Waals surface area contributed by atoms with Crippen LogP contribution < -0.4 is 11.3 Å². The van der Waals surface area contributed by atoms with E-state index in [2.05, 4.69) is 10.4 Å². The van der Waals surface area contributed by atoms with Gasteiger partial charge in [0.25, 0.3) is 5.91 Å². The van der Waals surface area contributed by atoms with E-state index in [1.165, 1.54) is 0 Å². The molecule has 0 aliphatic carbocycles. The molecule has 2 rings (SSSR count). The van der Waals surface area contributed by atoms with Crippen LogP contribution in [-0.2, 0) is 13.6 Å². The van der Waals surface area contributed by atoms with Gasteiger partial charge in [-0.25, -0.2) is 4.98 Å². The number of anilines is 1. The highest BCUT2D eigenvalue weighted by atomic mass is 16.2. The number of aryl methyl sites for hydroxylation is 2. The predicted molar refractivity (Wildman–Crippen MR) is 78.0 cm³/mol. The lowest BCUT2D eigenvalue weighted by atomic mass is 10.1. The standard InChI is InChI=1S/C14H19N5O/c1-10-8-11(4-5-12(10)17-15)14(20)19(3)9-13-16-6-7-18(13)2/h4-8,17H,9,15H2,1-3H3. The molecule has 2 aromatic rings.